The summed E-state index contributed by atoms with van der Waals surface area (Å²) in [6.45, 7) is 8.39. The van der Waals surface area contributed by atoms with Crippen molar-refractivity contribution in [3.8, 4) is 0 Å². The molecule has 0 bridgehead atoms. The lowest BCUT2D eigenvalue weighted by Gasteiger charge is -2.27. The molecule has 4 nitrogen and oxygen atoms in total. The van der Waals surface area contributed by atoms with Crippen molar-refractivity contribution in [2.45, 2.75) is 32.6 Å². The first-order chi connectivity index (χ1) is 8.95. The Hall–Kier alpha value is -0.660. The van der Waals surface area contributed by atoms with Gasteiger partial charge in [-0.2, -0.15) is 0 Å². The highest BCUT2D eigenvalue weighted by molar-refractivity contribution is 9.10. The normalized spacial score (nSPS) is 14.3. The van der Waals surface area contributed by atoms with E-state index in [1.165, 1.54) is 0 Å². The molecule has 0 heterocycles. The molecule has 114 valence electrons. The van der Waals surface area contributed by atoms with Crippen LogP contribution in [0.15, 0.2) is 21.5 Å². The van der Waals surface area contributed by atoms with Crippen LogP contribution in [0.3, 0.4) is 0 Å². The minimum Gasteiger partial charge on any atom is -0.396 e. The van der Waals surface area contributed by atoms with Crippen LogP contribution in [0.25, 0.3) is 0 Å². The Kier molecular flexibility index (Phi) is 5.21. The maximum atomic E-state index is 13.2. The average Bonchev–Trinajstić information content (AvgIpc) is 2.29. The fraction of sp³-hybridized carbons (Fsp3) is 0.538. The molecule has 1 rings (SSSR count). The minimum absolute atomic E-state index is 0.0123. The topological polar surface area (TPSA) is 72.2 Å². The second-order valence-electron chi connectivity index (χ2n) is 5.92. The molecule has 0 spiro atoms. The lowest BCUT2D eigenvalue weighted by molar-refractivity contribution is 0.263. The quantitative estimate of drug-likeness (QED) is 0.804. The van der Waals surface area contributed by atoms with Crippen LogP contribution in [0, 0.1) is 17.2 Å². The molecule has 0 saturated heterocycles. The summed E-state index contributed by atoms with van der Waals surface area (Å²) in [5, 5.41) is 0. The summed E-state index contributed by atoms with van der Waals surface area (Å²) in [5.41, 5.74) is 5.21. The molecule has 1 aromatic carbocycles. The number of halogens is 2. The van der Waals surface area contributed by atoms with Crippen molar-refractivity contribution >= 4 is 31.6 Å². The maximum absolute atomic E-state index is 13.2. The van der Waals surface area contributed by atoms with E-state index in [0.29, 0.717) is 6.54 Å². The van der Waals surface area contributed by atoms with Gasteiger partial charge in [0, 0.05) is 11.0 Å². The molecular formula is C13H20BrFN2O2S. The predicted octanol–water partition coefficient (Wildman–Crippen LogP) is 3.13. The second kappa shape index (κ2) is 5.99. The summed E-state index contributed by atoms with van der Waals surface area (Å²) < 4.78 is 40.4. The largest absolute Gasteiger partial charge is 0.396 e. The zero-order valence-corrected chi connectivity index (χ0v) is 14.4. The Bertz CT molecular complexity index is 597. The molecule has 20 heavy (non-hydrogen) atoms. The third-order valence-electron chi connectivity index (χ3n) is 3.40. The van der Waals surface area contributed by atoms with E-state index < -0.39 is 15.8 Å². The van der Waals surface area contributed by atoms with Crippen molar-refractivity contribution in [1.29, 1.82) is 0 Å². The minimum atomic E-state index is -3.73. The molecule has 7 heteroatoms. The van der Waals surface area contributed by atoms with E-state index in [9.17, 15) is 12.8 Å². The number of rotatable bonds is 4. The van der Waals surface area contributed by atoms with Gasteiger partial charge in [-0.25, -0.2) is 17.5 Å². The number of hydrogen-bond acceptors (Lipinski definition) is 3. The third kappa shape index (κ3) is 4.17. The van der Waals surface area contributed by atoms with Crippen LogP contribution in [-0.4, -0.2) is 15.0 Å². The van der Waals surface area contributed by atoms with Crippen molar-refractivity contribution in [2.24, 2.45) is 11.3 Å². The van der Waals surface area contributed by atoms with E-state index in [1.807, 2.05) is 27.7 Å². The van der Waals surface area contributed by atoms with Gasteiger partial charge in [-0.3, -0.25) is 0 Å². The van der Waals surface area contributed by atoms with Crippen LogP contribution in [0.2, 0.25) is 0 Å². The Balaban J connectivity index is 2.98. The number of benzene rings is 1. The van der Waals surface area contributed by atoms with E-state index >= 15 is 0 Å². The first-order valence-corrected chi connectivity index (χ1v) is 8.47. The SMILES string of the molecule is CC(CNS(=O)(=O)c1cc(N)c(F)cc1Br)C(C)(C)C. The molecule has 0 fully saturated rings. The summed E-state index contributed by atoms with van der Waals surface area (Å²) in [4.78, 5) is -0.0579. The number of nitrogen functional groups attached to an aromatic ring is 1. The molecular weight excluding hydrogens is 347 g/mol. The monoisotopic (exact) mass is 366 g/mol. The number of nitrogens with one attached hydrogen (secondary N) is 1. The highest BCUT2D eigenvalue weighted by atomic mass is 79.9. The van der Waals surface area contributed by atoms with E-state index in [0.717, 1.165) is 12.1 Å². The number of sulfonamides is 1. The zero-order valence-electron chi connectivity index (χ0n) is 12.0. The van der Waals surface area contributed by atoms with Crippen molar-refractivity contribution in [3.63, 3.8) is 0 Å². The van der Waals surface area contributed by atoms with Crippen LogP contribution in [-0.2, 0) is 10.0 Å². The maximum Gasteiger partial charge on any atom is 0.241 e. The van der Waals surface area contributed by atoms with Crippen LogP contribution >= 0.6 is 15.9 Å². The summed E-state index contributed by atoms with van der Waals surface area (Å²) in [6, 6.07) is 2.17. The number of nitrogens with two attached hydrogens (primary N) is 1. The lowest BCUT2D eigenvalue weighted by Crippen LogP contribution is -2.33. The van der Waals surface area contributed by atoms with Crippen LogP contribution in [0.1, 0.15) is 27.7 Å². The number of hydrogen-bond donors (Lipinski definition) is 2. The van der Waals surface area contributed by atoms with Gasteiger partial charge in [-0.1, -0.05) is 27.7 Å². The Morgan fingerprint density at radius 3 is 2.45 bits per heavy atom. The molecule has 1 aromatic rings. The van der Waals surface area contributed by atoms with Crippen molar-refractivity contribution in [2.75, 3.05) is 12.3 Å². The van der Waals surface area contributed by atoms with E-state index in [4.69, 9.17) is 5.73 Å². The Labute approximate surface area is 128 Å². The van der Waals surface area contributed by atoms with Crippen molar-refractivity contribution in [3.05, 3.63) is 22.4 Å². The van der Waals surface area contributed by atoms with Gasteiger partial charge >= 0.3 is 0 Å². The molecule has 0 amide bonds. The van der Waals surface area contributed by atoms with E-state index in [2.05, 4.69) is 20.7 Å². The van der Waals surface area contributed by atoms with Gasteiger partial charge in [0.15, 0.2) is 0 Å². The number of anilines is 1. The smallest absolute Gasteiger partial charge is 0.241 e. The molecule has 0 aliphatic rings. The van der Waals surface area contributed by atoms with Gasteiger partial charge < -0.3 is 5.73 Å². The first-order valence-electron chi connectivity index (χ1n) is 6.19. The average molecular weight is 367 g/mol. The molecule has 0 aromatic heterocycles. The lowest BCUT2D eigenvalue weighted by atomic mass is 9.82. The van der Waals surface area contributed by atoms with Gasteiger partial charge in [-0.05, 0) is 39.4 Å². The fourth-order valence-corrected chi connectivity index (χ4v) is 3.55. The summed E-state index contributed by atoms with van der Waals surface area (Å²) >= 11 is 3.05. The van der Waals surface area contributed by atoms with Gasteiger partial charge in [0.25, 0.3) is 0 Å². The van der Waals surface area contributed by atoms with Gasteiger partial charge in [0.2, 0.25) is 10.0 Å². The Morgan fingerprint density at radius 1 is 1.40 bits per heavy atom. The molecule has 0 aliphatic heterocycles. The Morgan fingerprint density at radius 2 is 1.95 bits per heavy atom. The fourth-order valence-electron chi connectivity index (χ4n) is 1.37. The van der Waals surface area contributed by atoms with Crippen molar-refractivity contribution < 1.29 is 12.8 Å². The zero-order chi connectivity index (χ0) is 15.7. The highest BCUT2D eigenvalue weighted by Crippen LogP contribution is 2.28. The molecule has 1 unspecified atom stereocenters. The molecule has 0 radical (unpaired) electrons. The first kappa shape index (κ1) is 17.4. The molecule has 0 saturated carbocycles. The van der Waals surface area contributed by atoms with Gasteiger partial charge in [0.05, 0.1) is 10.6 Å². The molecule has 0 aliphatic carbocycles. The second-order valence-corrected chi connectivity index (χ2v) is 8.51. The summed E-state index contributed by atoms with van der Waals surface area (Å²) in [6.07, 6.45) is 0. The predicted molar refractivity (Wildman–Crippen MR) is 82.3 cm³/mol. The van der Waals surface area contributed by atoms with Gasteiger partial charge in [0.1, 0.15) is 5.82 Å². The van der Waals surface area contributed by atoms with Crippen molar-refractivity contribution in [1.82, 2.24) is 4.72 Å². The van der Waals surface area contributed by atoms with E-state index in [1.54, 1.807) is 0 Å². The molecule has 3 N–H and O–H groups in total. The highest BCUT2D eigenvalue weighted by Gasteiger charge is 2.24. The van der Waals surface area contributed by atoms with E-state index in [-0.39, 0.29) is 26.4 Å². The summed E-state index contributed by atoms with van der Waals surface area (Å²) in [5.74, 6) is -0.507. The summed E-state index contributed by atoms with van der Waals surface area (Å²) in [7, 11) is -3.73. The van der Waals surface area contributed by atoms with Gasteiger partial charge in [-0.15, -0.1) is 0 Å². The third-order valence-corrected chi connectivity index (χ3v) is 5.78. The van der Waals surface area contributed by atoms with Crippen LogP contribution < -0.4 is 10.5 Å². The molecule has 1 atom stereocenters. The van der Waals surface area contributed by atoms with Crippen LogP contribution in [0.5, 0.6) is 0 Å². The van der Waals surface area contributed by atoms with Crippen LogP contribution in [0.4, 0.5) is 10.1 Å². The standard InChI is InChI=1S/C13H20BrFN2O2S/c1-8(13(2,3)4)7-17-20(18,19)12-6-11(16)10(15)5-9(12)14/h5-6,8,17H,7,16H2,1-4H3.